The van der Waals surface area contributed by atoms with Gasteiger partial charge in [-0.25, -0.2) is 4.90 Å². The van der Waals surface area contributed by atoms with Crippen molar-refractivity contribution in [2.75, 3.05) is 4.90 Å². The average Bonchev–Trinajstić information content (AvgIpc) is 2.42. The van der Waals surface area contributed by atoms with Gasteiger partial charge in [-0.3, -0.25) is 14.4 Å². The lowest BCUT2D eigenvalue weighted by Gasteiger charge is -2.12. The lowest BCUT2D eigenvalue weighted by atomic mass is 10.1. The number of fused-ring (bicyclic) bond motifs is 1. The van der Waals surface area contributed by atoms with E-state index in [2.05, 4.69) is 15.9 Å². The molecule has 1 aliphatic heterocycles. The molecule has 0 N–H and O–H groups in total. The summed E-state index contributed by atoms with van der Waals surface area (Å²) in [6, 6.07) is 3.23. The van der Waals surface area contributed by atoms with Crippen molar-refractivity contribution in [3.8, 4) is 0 Å². The second-order valence-electron chi connectivity index (χ2n) is 3.61. The zero-order valence-corrected chi connectivity index (χ0v) is 10.3. The van der Waals surface area contributed by atoms with Crippen LogP contribution >= 0.6 is 15.9 Å². The minimum atomic E-state index is -0.778. The van der Waals surface area contributed by atoms with E-state index in [-0.39, 0.29) is 0 Å². The van der Waals surface area contributed by atoms with E-state index in [4.69, 9.17) is 0 Å². The third-order valence-electron chi connectivity index (χ3n) is 2.47. The van der Waals surface area contributed by atoms with E-state index < -0.39 is 17.6 Å². The van der Waals surface area contributed by atoms with Gasteiger partial charge >= 0.3 is 5.91 Å². The summed E-state index contributed by atoms with van der Waals surface area (Å²) in [7, 11) is 0. The minimum Gasteiger partial charge on any atom is -0.283 e. The first-order chi connectivity index (χ1) is 7.43. The molecule has 0 fully saturated rings. The van der Waals surface area contributed by atoms with Gasteiger partial charge in [-0.2, -0.15) is 0 Å². The molecule has 2 rings (SSSR count). The zero-order chi connectivity index (χ0) is 12.0. The molecule has 1 aromatic carbocycles. The lowest BCUT2D eigenvalue weighted by molar-refractivity contribution is -0.122. The van der Waals surface area contributed by atoms with Crippen LogP contribution in [0.1, 0.15) is 22.8 Å². The van der Waals surface area contributed by atoms with E-state index in [9.17, 15) is 14.4 Å². The molecule has 0 saturated heterocycles. The van der Waals surface area contributed by atoms with Gasteiger partial charge in [0.15, 0.2) is 0 Å². The van der Waals surface area contributed by atoms with E-state index in [0.717, 1.165) is 14.9 Å². The number of hydrogen-bond donors (Lipinski definition) is 0. The van der Waals surface area contributed by atoms with E-state index in [0.29, 0.717) is 11.3 Å². The second kappa shape index (κ2) is 3.52. The molecular weight excluding hydrogens is 274 g/mol. The van der Waals surface area contributed by atoms with Crippen molar-refractivity contribution in [2.24, 2.45) is 0 Å². The number of carbonyl (C=O) groups excluding carboxylic acids is 3. The number of carbonyl (C=O) groups is 3. The van der Waals surface area contributed by atoms with Gasteiger partial charge in [-0.1, -0.05) is 15.9 Å². The predicted molar refractivity (Wildman–Crippen MR) is 61.4 cm³/mol. The molecule has 0 aromatic heterocycles. The van der Waals surface area contributed by atoms with Crippen molar-refractivity contribution in [3.63, 3.8) is 0 Å². The van der Waals surface area contributed by atoms with Gasteiger partial charge in [0.2, 0.25) is 5.91 Å². The van der Waals surface area contributed by atoms with Gasteiger partial charge in [0.25, 0.3) is 5.78 Å². The maximum atomic E-state index is 11.6. The van der Waals surface area contributed by atoms with Crippen LogP contribution < -0.4 is 4.90 Å². The Labute approximate surface area is 100 Å². The van der Waals surface area contributed by atoms with Crippen molar-refractivity contribution in [1.29, 1.82) is 0 Å². The molecule has 5 heteroatoms. The van der Waals surface area contributed by atoms with Crippen LogP contribution in [0.5, 0.6) is 0 Å². The first-order valence-electron chi connectivity index (χ1n) is 4.63. The zero-order valence-electron chi connectivity index (χ0n) is 8.70. The molecular formula is C11H8BrNO3. The molecule has 0 atom stereocenters. The molecule has 2 amide bonds. The normalized spacial score (nSPS) is 14.3. The highest BCUT2D eigenvalue weighted by Gasteiger charge is 2.38. The number of halogens is 1. The number of anilines is 1. The number of rotatable bonds is 0. The average molecular weight is 282 g/mol. The first-order valence-corrected chi connectivity index (χ1v) is 5.42. The molecule has 1 aliphatic rings. The Morgan fingerprint density at radius 3 is 2.50 bits per heavy atom. The summed E-state index contributed by atoms with van der Waals surface area (Å²) in [5, 5.41) is 0. The van der Waals surface area contributed by atoms with Gasteiger partial charge in [-0.15, -0.1) is 0 Å². The fourth-order valence-electron chi connectivity index (χ4n) is 1.68. The lowest BCUT2D eigenvalue weighted by Crippen LogP contribution is -2.33. The Kier molecular flexibility index (Phi) is 2.42. The molecule has 0 saturated carbocycles. The van der Waals surface area contributed by atoms with E-state index >= 15 is 0 Å². The Hall–Kier alpha value is -1.49. The maximum absolute atomic E-state index is 11.6. The summed E-state index contributed by atoms with van der Waals surface area (Å²) in [6.45, 7) is 3.08. The summed E-state index contributed by atoms with van der Waals surface area (Å²) in [5.41, 5.74) is 1.51. The molecule has 1 heterocycles. The highest BCUT2D eigenvalue weighted by Crippen LogP contribution is 2.33. The predicted octanol–water partition coefficient (Wildman–Crippen LogP) is 1.83. The van der Waals surface area contributed by atoms with Gasteiger partial charge < -0.3 is 0 Å². The summed E-state index contributed by atoms with van der Waals surface area (Å²) in [5.74, 6) is -1.85. The van der Waals surface area contributed by atoms with Crippen LogP contribution in [0.25, 0.3) is 0 Å². The monoisotopic (exact) mass is 281 g/mol. The molecule has 0 unspecified atom stereocenters. The van der Waals surface area contributed by atoms with Gasteiger partial charge in [0, 0.05) is 11.4 Å². The standard InChI is InChI=1S/C11H8BrNO3/c1-5-3-7-9(4-8(5)12)13(6(2)14)11(16)10(7)15/h3-4H,1-2H3. The number of hydrogen-bond acceptors (Lipinski definition) is 3. The minimum absolute atomic E-state index is 0.293. The number of amides is 2. The molecule has 0 spiro atoms. The Morgan fingerprint density at radius 2 is 1.94 bits per heavy atom. The third kappa shape index (κ3) is 1.39. The van der Waals surface area contributed by atoms with Crippen LogP contribution in [-0.2, 0) is 9.59 Å². The van der Waals surface area contributed by atoms with Crippen molar-refractivity contribution < 1.29 is 14.4 Å². The van der Waals surface area contributed by atoms with Crippen molar-refractivity contribution in [2.45, 2.75) is 13.8 Å². The Bertz CT molecular complexity index is 536. The Morgan fingerprint density at radius 1 is 1.31 bits per heavy atom. The second-order valence-corrected chi connectivity index (χ2v) is 4.46. The van der Waals surface area contributed by atoms with Crippen molar-refractivity contribution >= 4 is 39.2 Å². The van der Waals surface area contributed by atoms with Crippen LogP contribution in [0.3, 0.4) is 0 Å². The van der Waals surface area contributed by atoms with E-state index in [1.807, 2.05) is 6.92 Å². The topological polar surface area (TPSA) is 54.5 Å². The number of benzene rings is 1. The first kappa shape index (κ1) is 11.0. The molecule has 0 aliphatic carbocycles. The fourth-order valence-corrected chi connectivity index (χ4v) is 2.01. The quantitative estimate of drug-likeness (QED) is 0.682. The molecule has 16 heavy (non-hydrogen) atoms. The van der Waals surface area contributed by atoms with E-state index in [1.165, 1.54) is 6.92 Å². The molecule has 0 bridgehead atoms. The number of nitrogens with zero attached hydrogens (tertiary/aromatic N) is 1. The molecule has 1 aromatic rings. The SMILES string of the molecule is CC(=O)N1C(=O)C(=O)c2cc(C)c(Br)cc21. The van der Waals surface area contributed by atoms with Gasteiger partial charge in [-0.05, 0) is 24.6 Å². The molecule has 82 valence electrons. The van der Waals surface area contributed by atoms with Crippen LogP contribution in [0.15, 0.2) is 16.6 Å². The summed E-state index contributed by atoms with van der Waals surface area (Å²) >= 11 is 3.30. The van der Waals surface area contributed by atoms with Crippen LogP contribution in [0.4, 0.5) is 5.69 Å². The summed E-state index contributed by atoms with van der Waals surface area (Å²) < 4.78 is 0.764. The van der Waals surface area contributed by atoms with Crippen LogP contribution in [0, 0.1) is 6.92 Å². The van der Waals surface area contributed by atoms with Crippen molar-refractivity contribution in [3.05, 3.63) is 27.7 Å². The van der Waals surface area contributed by atoms with Crippen LogP contribution in [-0.4, -0.2) is 17.6 Å². The highest BCUT2D eigenvalue weighted by atomic mass is 79.9. The third-order valence-corrected chi connectivity index (χ3v) is 3.33. The molecule has 4 nitrogen and oxygen atoms in total. The number of imide groups is 1. The Balaban J connectivity index is 2.70. The highest BCUT2D eigenvalue weighted by molar-refractivity contribution is 9.10. The number of aryl methyl sites for hydroxylation is 1. The fraction of sp³-hybridized carbons (Fsp3) is 0.182. The van der Waals surface area contributed by atoms with Crippen molar-refractivity contribution in [1.82, 2.24) is 0 Å². The van der Waals surface area contributed by atoms with Gasteiger partial charge in [0.1, 0.15) is 0 Å². The number of ketones is 1. The largest absolute Gasteiger partial charge is 0.306 e. The van der Waals surface area contributed by atoms with Crippen LogP contribution in [0.2, 0.25) is 0 Å². The van der Waals surface area contributed by atoms with Gasteiger partial charge in [0.05, 0.1) is 11.3 Å². The summed E-state index contributed by atoms with van der Waals surface area (Å²) in [6.07, 6.45) is 0. The smallest absolute Gasteiger partial charge is 0.283 e. The summed E-state index contributed by atoms with van der Waals surface area (Å²) in [4.78, 5) is 35.4. The number of Topliss-reactive ketones (excluding diaryl/α,β-unsaturated/α-hetero) is 1. The maximum Gasteiger partial charge on any atom is 0.306 e. The van der Waals surface area contributed by atoms with E-state index in [1.54, 1.807) is 12.1 Å². The molecule has 0 radical (unpaired) electrons.